The third kappa shape index (κ3) is 3.50. The maximum absolute atomic E-state index is 13.5. The minimum Gasteiger partial charge on any atom is -0.454 e. The van der Waals surface area contributed by atoms with Crippen LogP contribution in [0.25, 0.3) is 0 Å². The highest BCUT2D eigenvalue weighted by atomic mass is 19.1. The van der Waals surface area contributed by atoms with E-state index in [1.165, 1.54) is 6.07 Å². The largest absolute Gasteiger partial charge is 0.454 e. The van der Waals surface area contributed by atoms with Gasteiger partial charge in [-0.2, -0.15) is 0 Å². The van der Waals surface area contributed by atoms with Crippen LogP contribution >= 0.6 is 0 Å². The Labute approximate surface area is 117 Å². The van der Waals surface area contributed by atoms with E-state index >= 15 is 0 Å². The standard InChI is InChI=1S/C13H8F2N2O4/c14-8-1-2-13(12(15)3-8)21-11-5-9(16-7-18)4-10(6-11)17(19)20/h1-7H,(H,16,18). The first-order valence-electron chi connectivity index (χ1n) is 5.62. The first-order chi connectivity index (χ1) is 9.99. The number of nitro groups is 1. The Morgan fingerprint density at radius 2 is 1.95 bits per heavy atom. The highest BCUT2D eigenvalue weighted by Crippen LogP contribution is 2.30. The zero-order chi connectivity index (χ0) is 15.4. The molecule has 0 aliphatic heterocycles. The number of halogens is 2. The molecule has 108 valence electrons. The molecule has 0 aromatic heterocycles. The Balaban J connectivity index is 2.38. The summed E-state index contributed by atoms with van der Waals surface area (Å²) in [5.41, 5.74) is -0.240. The minimum absolute atomic E-state index is 0.0703. The molecule has 0 bridgehead atoms. The van der Waals surface area contributed by atoms with Crippen LogP contribution in [-0.2, 0) is 4.79 Å². The number of hydrogen-bond acceptors (Lipinski definition) is 4. The number of benzene rings is 2. The summed E-state index contributed by atoms with van der Waals surface area (Å²) in [4.78, 5) is 20.5. The van der Waals surface area contributed by atoms with Crippen LogP contribution in [0, 0.1) is 21.7 Å². The highest BCUT2D eigenvalue weighted by Gasteiger charge is 2.13. The predicted octanol–water partition coefficient (Wildman–Crippen LogP) is 3.23. The molecule has 0 radical (unpaired) electrons. The summed E-state index contributed by atoms with van der Waals surface area (Å²) in [6.45, 7) is 0. The Hall–Kier alpha value is -3.03. The number of nitrogens with zero attached hydrogens (tertiary/aromatic N) is 1. The van der Waals surface area contributed by atoms with Crippen LogP contribution in [0.3, 0.4) is 0 Å². The van der Waals surface area contributed by atoms with Crippen molar-refractivity contribution in [2.24, 2.45) is 0 Å². The highest BCUT2D eigenvalue weighted by molar-refractivity contribution is 5.73. The van der Waals surface area contributed by atoms with E-state index < -0.39 is 16.6 Å². The number of ether oxygens (including phenoxy) is 1. The number of non-ortho nitro benzene ring substituents is 1. The van der Waals surface area contributed by atoms with Gasteiger partial charge in [-0.1, -0.05) is 0 Å². The normalized spacial score (nSPS) is 10.0. The monoisotopic (exact) mass is 294 g/mol. The van der Waals surface area contributed by atoms with Crippen molar-refractivity contribution >= 4 is 17.8 Å². The smallest absolute Gasteiger partial charge is 0.275 e. The lowest BCUT2D eigenvalue weighted by Gasteiger charge is -2.08. The molecule has 0 fully saturated rings. The van der Waals surface area contributed by atoms with Crippen LogP contribution in [0.4, 0.5) is 20.2 Å². The van der Waals surface area contributed by atoms with Gasteiger partial charge in [0.2, 0.25) is 6.41 Å². The summed E-state index contributed by atoms with van der Waals surface area (Å²) < 4.78 is 31.4. The Bertz CT molecular complexity index is 707. The molecule has 0 aliphatic carbocycles. The number of rotatable bonds is 5. The molecule has 0 unspecified atom stereocenters. The van der Waals surface area contributed by atoms with Crippen LogP contribution in [0.1, 0.15) is 0 Å². The van der Waals surface area contributed by atoms with Gasteiger partial charge in [-0.3, -0.25) is 14.9 Å². The Morgan fingerprint density at radius 3 is 2.57 bits per heavy atom. The van der Waals surface area contributed by atoms with E-state index in [0.717, 1.165) is 24.3 Å². The van der Waals surface area contributed by atoms with Crippen LogP contribution in [0.2, 0.25) is 0 Å². The fourth-order valence-electron chi connectivity index (χ4n) is 1.58. The van der Waals surface area contributed by atoms with Crippen molar-refractivity contribution in [2.75, 3.05) is 5.32 Å². The van der Waals surface area contributed by atoms with E-state index in [2.05, 4.69) is 5.32 Å². The van der Waals surface area contributed by atoms with E-state index in [1.807, 2.05) is 0 Å². The summed E-state index contributed by atoms with van der Waals surface area (Å²) in [5.74, 6) is -2.10. The molecule has 1 N–H and O–H groups in total. The molecule has 21 heavy (non-hydrogen) atoms. The lowest BCUT2D eigenvalue weighted by molar-refractivity contribution is -0.384. The van der Waals surface area contributed by atoms with Crippen molar-refractivity contribution in [1.82, 2.24) is 0 Å². The van der Waals surface area contributed by atoms with E-state index in [-0.39, 0.29) is 22.9 Å². The Morgan fingerprint density at radius 1 is 1.19 bits per heavy atom. The summed E-state index contributed by atoms with van der Waals surface area (Å²) in [6, 6.07) is 6.10. The van der Waals surface area contributed by atoms with Crippen molar-refractivity contribution in [3.05, 3.63) is 58.1 Å². The fourth-order valence-corrected chi connectivity index (χ4v) is 1.58. The van der Waals surface area contributed by atoms with E-state index in [4.69, 9.17) is 4.74 Å². The third-order valence-electron chi connectivity index (χ3n) is 2.45. The van der Waals surface area contributed by atoms with Gasteiger partial charge in [0.15, 0.2) is 11.6 Å². The maximum atomic E-state index is 13.5. The van der Waals surface area contributed by atoms with Crippen molar-refractivity contribution < 1.29 is 23.2 Å². The van der Waals surface area contributed by atoms with E-state index in [0.29, 0.717) is 12.5 Å². The lowest BCUT2D eigenvalue weighted by Crippen LogP contribution is -1.97. The predicted molar refractivity (Wildman–Crippen MR) is 69.2 cm³/mol. The minimum atomic E-state index is -0.952. The zero-order valence-electron chi connectivity index (χ0n) is 10.4. The van der Waals surface area contributed by atoms with Gasteiger partial charge in [0.1, 0.15) is 11.6 Å². The second-order valence-electron chi connectivity index (χ2n) is 3.91. The van der Waals surface area contributed by atoms with Gasteiger partial charge in [0.05, 0.1) is 16.7 Å². The number of carbonyl (C=O) groups excluding carboxylic acids is 1. The lowest BCUT2D eigenvalue weighted by atomic mass is 10.2. The average molecular weight is 294 g/mol. The third-order valence-corrected chi connectivity index (χ3v) is 2.45. The van der Waals surface area contributed by atoms with Crippen LogP contribution < -0.4 is 10.1 Å². The van der Waals surface area contributed by atoms with E-state index in [1.54, 1.807) is 0 Å². The summed E-state index contributed by atoms with van der Waals surface area (Å²) in [6.07, 6.45) is 0.335. The molecule has 8 heteroatoms. The SMILES string of the molecule is O=CNc1cc(Oc2ccc(F)cc2F)cc([N+](=O)[O-])c1. The number of amides is 1. The quantitative estimate of drug-likeness (QED) is 0.521. The second-order valence-corrected chi connectivity index (χ2v) is 3.91. The van der Waals surface area contributed by atoms with E-state index in [9.17, 15) is 23.7 Å². The maximum Gasteiger partial charge on any atom is 0.275 e. The van der Waals surface area contributed by atoms with Crippen LogP contribution in [-0.4, -0.2) is 11.3 Å². The number of hydrogen-bond donors (Lipinski definition) is 1. The van der Waals surface area contributed by atoms with Gasteiger partial charge >= 0.3 is 0 Å². The van der Waals surface area contributed by atoms with Crippen molar-refractivity contribution in [3.63, 3.8) is 0 Å². The Kier molecular flexibility index (Phi) is 4.07. The zero-order valence-corrected chi connectivity index (χ0v) is 10.4. The molecule has 6 nitrogen and oxygen atoms in total. The van der Waals surface area contributed by atoms with Gasteiger partial charge in [-0.25, -0.2) is 8.78 Å². The summed E-state index contributed by atoms with van der Waals surface area (Å²) in [5, 5.41) is 13.0. The molecule has 0 saturated heterocycles. The molecular weight excluding hydrogens is 286 g/mol. The molecule has 0 saturated carbocycles. The number of nitrogens with one attached hydrogen (secondary N) is 1. The molecule has 0 aliphatic rings. The van der Waals surface area contributed by atoms with Crippen LogP contribution in [0.5, 0.6) is 11.5 Å². The molecule has 0 atom stereocenters. The van der Waals surface area contributed by atoms with Gasteiger partial charge < -0.3 is 10.1 Å². The van der Waals surface area contributed by atoms with Crippen molar-refractivity contribution in [1.29, 1.82) is 0 Å². The molecular formula is C13H8F2N2O4. The second kappa shape index (κ2) is 5.95. The number of carbonyl (C=O) groups is 1. The first kappa shape index (κ1) is 14.4. The molecule has 2 rings (SSSR count). The summed E-state index contributed by atoms with van der Waals surface area (Å²) >= 11 is 0. The average Bonchev–Trinajstić information content (AvgIpc) is 2.42. The van der Waals surface area contributed by atoms with Gasteiger partial charge in [-0.05, 0) is 12.1 Å². The fraction of sp³-hybridized carbons (Fsp3) is 0. The van der Waals surface area contributed by atoms with Crippen LogP contribution in [0.15, 0.2) is 36.4 Å². The number of nitro benzene ring substituents is 1. The van der Waals surface area contributed by atoms with Gasteiger partial charge in [-0.15, -0.1) is 0 Å². The first-order valence-corrected chi connectivity index (χ1v) is 5.62. The molecule has 2 aromatic carbocycles. The van der Waals surface area contributed by atoms with Gasteiger partial charge in [0, 0.05) is 18.2 Å². The molecule has 1 amide bonds. The molecule has 0 heterocycles. The molecule has 2 aromatic rings. The topological polar surface area (TPSA) is 81.5 Å². The summed E-state index contributed by atoms with van der Waals surface area (Å²) in [7, 11) is 0. The molecule has 0 spiro atoms. The van der Waals surface area contributed by atoms with Crippen molar-refractivity contribution in [3.8, 4) is 11.5 Å². The van der Waals surface area contributed by atoms with Crippen molar-refractivity contribution in [2.45, 2.75) is 0 Å². The van der Waals surface area contributed by atoms with Gasteiger partial charge in [0.25, 0.3) is 5.69 Å². The number of anilines is 1.